The zero-order valence-electron chi connectivity index (χ0n) is 11.7. The maximum Gasteiger partial charge on any atom is 0.159 e. The van der Waals surface area contributed by atoms with Crippen LogP contribution < -0.4 is 4.90 Å². The van der Waals surface area contributed by atoms with Crippen LogP contribution >= 0.6 is 0 Å². The van der Waals surface area contributed by atoms with E-state index < -0.39 is 0 Å². The molecule has 20 heavy (non-hydrogen) atoms. The van der Waals surface area contributed by atoms with Gasteiger partial charge in [-0.1, -0.05) is 24.3 Å². The first-order valence-electron chi connectivity index (χ1n) is 7.39. The smallest absolute Gasteiger partial charge is 0.159 e. The number of benzene rings is 1. The number of hydrogen-bond acceptors (Lipinski definition) is 4. The maximum atomic E-state index is 10.1. The molecule has 2 heterocycles. The average Bonchev–Trinajstić information content (AvgIpc) is 3.02. The zero-order chi connectivity index (χ0) is 13.7. The van der Waals surface area contributed by atoms with Gasteiger partial charge in [0.1, 0.15) is 0 Å². The van der Waals surface area contributed by atoms with Crippen LogP contribution in [0.5, 0.6) is 0 Å². The standard InChI is InChI=1S/C16H19N3O/c1-10-12-4-2-3-5-13(12)16(18-17-10)19-8-11-6-7-15(20)14(11)9-19/h2-5,11,14-15,20H,6-9H2,1H3. The van der Waals surface area contributed by atoms with Crippen LogP contribution in [0.15, 0.2) is 24.3 Å². The summed E-state index contributed by atoms with van der Waals surface area (Å²) in [6.45, 7) is 3.92. The number of aliphatic hydroxyl groups is 1. The van der Waals surface area contributed by atoms with Crippen molar-refractivity contribution in [2.75, 3.05) is 18.0 Å². The van der Waals surface area contributed by atoms with E-state index in [1.54, 1.807) is 0 Å². The van der Waals surface area contributed by atoms with Gasteiger partial charge in [-0.2, -0.15) is 5.10 Å². The van der Waals surface area contributed by atoms with Gasteiger partial charge in [-0.15, -0.1) is 5.10 Å². The van der Waals surface area contributed by atoms with Crippen molar-refractivity contribution < 1.29 is 5.11 Å². The zero-order valence-corrected chi connectivity index (χ0v) is 11.7. The summed E-state index contributed by atoms with van der Waals surface area (Å²) in [5.41, 5.74) is 0.976. The molecular weight excluding hydrogens is 250 g/mol. The van der Waals surface area contributed by atoms with E-state index in [1.165, 1.54) is 10.8 Å². The predicted octanol–water partition coefficient (Wildman–Crippen LogP) is 2.15. The van der Waals surface area contributed by atoms with Crippen LogP contribution in [-0.2, 0) is 0 Å². The third-order valence-electron chi connectivity index (χ3n) is 4.97. The monoisotopic (exact) mass is 269 g/mol. The van der Waals surface area contributed by atoms with Gasteiger partial charge < -0.3 is 10.0 Å². The maximum absolute atomic E-state index is 10.1. The Morgan fingerprint density at radius 3 is 2.70 bits per heavy atom. The van der Waals surface area contributed by atoms with E-state index in [0.717, 1.165) is 37.4 Å². The second kappa shape index (κ2) is 4.42. The first-order chi connectivity index (χ1) is 9.74. The van der Waals surface area contributed by atoms with E-state index in [4.69, 9.17) is 0 Å². The summed E-state index contributed by atoms with van der Waals surface area (Å²) in [7, 11) is 0. The van der Waals surface area contributed by atoms with E-state index in [0.29, 0.717) is 11.8 Å². The first-order valence-corrected chi connectivity index (χ1v) is 7.39. The molecule has 104 valence electrons. The highest BCUT2D eigenvalue weighted by atomic mass is 16.3. The van der Waals surface area contributed by atoms with Gasteiger partial charge in [0.15, 0.2) is 5.82 Å². The first kappa shape index (κ1) is 12.1. The molecule has 2 fully saturated rings. The fraction of sp³-hybridized carbons (Fsp3) is 0.500. The van der Waals surface area contributed by atoms with Crippen LogP contribution in [-0.4, -0.2) is 34.5 Å². The van der Waals surface area contributed by atoms with Gasteiger partial charge >= 0.3 is 0 Å². The Balaban J connectivity index is 1.75. The number of aliphatic hydroxyl groups excluding tert-OH is 1. The van der Waals surface area contributed by atoms with Crippen molar-refractivity contribution in [2.45, 2.75) is 25.9 Å². The number of rotatable bonds is 1. The quantitative estimate of drug-likeness (QED) is 0.861. The van der Waals surface area contributed by atoms with Crippen molar-refractivity contribution in [1.29, 1.82) is 0 Å². The number of fused-ring (bicyclic) bond motifs is 2. The normalized spacial score (nSPS) is 29.1. The summed E-state index contributed by atoms with van der Waals surface area (Å²) >= 11 is 0. The fourth-order valence-electron chi connectivity index (χ4n) is 3.87. The summed E-state index contributed by atoms with van der Waals surface area (Å²) in [6.07, 6.45) is 1.97. The Morgan fingerprint density at radius 2 is 1.90 bits per heavy atom. The molecule has 1 aromatic carbocycles. The Bertz CT molecular complexity index is 657. The fourth-order valence-corrected chi connectivity index (χ4v) is 3.87. The Kier molecular flexibility index (Phi) is 2.67. The summed E-state index contributed by atoms with van der Waals surface area (Å²) in [4.78, 5) is 2.31. The van der Waals surface area contributed by atoms with Crippen molar-refractivity contribution >= 4 is 16.6 Å². The highest BCUT2D eigenvalue weighted by Crippen LogP contribution is 2.40. The van der Waals surface area contributed by atoms with Crippen molar-refractivity contribution in [1.82, 2.24) is 10.2 Å². The van der Waals surface area contributed by atoms with Crippen molar-refractivity contribution in [3.05, 3.63) is 30.0 Å². The lowest BCUT2D eigenvalue weighted by atomic mass is 10.00. The summed E-state index contributed by atoms with van der Waals surface area (Å²) in [6, 6.07) is 8.33. The summed E-state index contributed by atoms with van der Waals surface area (Å²) in [5.74, 6) is 2.01. The average molecular weight is 269 g/mol. The summed E-state index contributed by atoms with van der Waals surface area (Å²) < 4.78 is 0. The lowest BCUT2D eigenvalue weighted by molar-refractivity contribution is 0.133. The molecule has 3 unspecified atom stereocenters. The lowest BCUT2D eigenvalue weighted by Crippen LogP contribution is -2.25. The molecule has 1 aliphatic heterocycles. The third kappa shape index (κ3) is 1.71. The Hall–Kier alpha value is -1.68. The molecule has 0 radical (unpaired) electrons. The Labute approximate surface area is 118 Å². The van der Waals surface area contributed by atoms with Gasteiger partial charge in [0.2, 0.25) is 0 Å². The van der Waals surface area contributed by atoms with Crippen molar-refractivity contribution in [3.63, 3.8) is 0 Å². The topological polar surface area (TPSA) is 49.2 Å². The lowest BCUT2D eigenvalue weighted by Gasteiger charge is -2.20. The summed E-state index contributed by atoms with van der Waals surface area (Å²) in [5, 5.41) is 21.2. The van der Waals surface area contributed by atoms with E-state index in [-0.39, 0.29) is 6.10 Å². The van der Waals surface area contributed by atoms with E-state index >= 15 is 0 Å². The number of aromatic nitrogens is 2. The molecule has 4 nitrogen and oxygen atoms in total. The van der Waals surface area contributed by atoms with Gasteiger partial charge in [-0.3, -0.25) is 0 Å². The second-order valence-electron chi connectivity index (χ2n) is 6.13. The van der Waals surface area contributed by atoms with Crippen LogP contribution in [0.2, 0.25) is 0 Å². The number of anilines is 1. The molecular formula is C16H19N3O. The third-order valence-corrected chi connectivity index (χ3v) is 4.97. The predicted molar refractivity (Wildman–Crippen MR) is 78.7 cm³/mol. The van der Waals surface area contributed by atoms with E-state index in [9.17, 15) is 5.11 Å². The molecule has 2 aromatic rings. The van der Waals surface area contributed by atoms with E-state index in [2.05, 4.69) is 33.3 Å². The molecule has 0 bridgehead atoms. The minimum absolute atomic E-state index is 0.130. The molecule has 2 aliphatic rings. The Morgan fingerprint density at radius 1 is 1.10 bits per heavy atom. The molecule has 3 atom stereocenters. The molecule has 1 saturated heterocycles. The van der Waals surface area contributed by atoms with Crippen LogP contribution in [0.1, 0.15) is 18.5 Å². The van der Waals surface area contributed by atoms with Gasteiger partial charge in [-0.05, 0) is 25.7 Å². The number of nitrogens with zero attached hydrogens (tertiary/aromatic N) is 3. The minimum Gasteiger partial charge on any atom is -0.393 e. The van der Waals surface area contributed by atoms with Gasteiger partial charge in [0.05, 0.1) is 11.8 Å². The largest absolute Gasteiger partial charge is 0.393 e. The van der Waals surface area contributed by atoms with Crippen LogP contribution in [0.25, 0.3) is 10.8 Å². The molecule has 0 amide bonds. The molecule has 1 aromatic heterocycles. The number of aryl methyl sites for hydroxylation is 1. The molecule has 1 N–H and O–H groups in total. The van der Waals surface area contributed by atoms with Crippen LogP contribution in [0.3, 0.4) is 0 Å². The highest BCUT2D eigenvalue weighted by molar-refractivity contribution is 5.93. The van der Waals surface area contributed by atoms with Gasteiger partial charge in [-0.25, -0.2) is 0 Å². The van der Waals surface area contributed by atoms with Crippen LogP contribution in [0.4, 0.5) is 5.82 Å². The minimum atomic E-state index is -0.130. The second-order valence-corrected chi connectivity index (χ2v) is 6.13. The molecule has 0 spiro atoms. The molecule has 1 aliphatic carbocycles. The van der Waals surface area contributed by atoms with Gasteiger partial charge in [0, 0.05) is 29.8 Å². The molecule has 4 rings (SSSR count). The highest BCUT2D eigenvalue weighted by Gasteiger charge is 2.42. The van der Waals surface area contributed by atoms with Crippen molar-refractivity contribution in [2.24, 2.45) is 11.8 Å². The van der Waals surface area contributed by atoms with E-state index in [1.807, 2.05) is 13.0 Å². The number of hydrogen-bond donors (Lipinski definition) is 1. The van der Waals surface area contributed by atoms with Crippen molar-refractivity contribution in [3.8, 4) is 0 Å². The molecule has 4 heteroatoms. The SMILES string of the molecule is Cc1nnc(N2CC3CCC(O)C3C2)c2ccccc12. The van der Waals surface area contributed by atoms with Gasteiger partial charge in [0.25, 0.3) is 0 Å². The molecule has 1 saturated carbocycles. The van der Waals surface area contributed by atoms with Crippen LogP contribution in [0, 0.1) is 18.8 Å².